The van der Waals surface area contributed by atoms with Crippen LogP contribution in [0.1, 0.15) is 65.7 Å². The Labute approximate surface area is 88.0 Å². The summed E-state index contributed by atoms with van der Waals surface area (Å²) in [5.74, 6) is -0.0316. The fraction of sp³-hybridized carbons (Fsp3) is 0.917. The third-order valence-electron chi connectivity index (χ3n) is 2.39. The number of hydrogen-bond donors (Lipinski definition) is 0. The molecule has 1 atom stereocenters. The number of ether oxygens (including phenoxy) is 1. The van der Waals surface area contributed by atoms with Gasteiger partial charge in [-0.15, -0.1) is 0 Å². The van der Waals surface area contributed by atoms with Gasteiger partial charge in [0.25, 0.3) is 0 Å². The highest BCUT2D eigenvalue weighted by molar-refractivity contribution is 5.69. The number of rotatable bonds is 8. The van der Waals surface area contributed by atoms with Crippen LogP contribution in [-0.4, -0.2) is 12.1 Å². The van der Waals surface area contributed by atoms with E-state index in [1.165, 1.54) is 19.3 Å². The average Bonchev–Trinajstić information content (AvgIpc) is 2.17. The predicted molar refractivity (Wildman–Crippen MR) is 59.2 cm³/mol. The fourth-order valence-electron chi connectivity index (χ4n) is 1.24. The summed E-state index contributed by atoms with van der Waals surface area (Å²) in [6.07, 6.45) is 7.48. The van der Waals surface area contributed by atoms with Gasteiger partial charge >= 0.3 is 5.97 Å². The van der Waals surface area contributed by atoms with Gasteiger partial charge in [-0.2, -0.15) is 0 Å². The van der Waals surface area contributed by atoms with Gasteiger partial charge in [0.05, 0.1) is 6.10 Å². The van der Waals surface area contributed by atoms with Gasteiger partial charge in [-0.25, -0.2) is 0 Å². The zero-order valence-electron chi connectivity index (χ0n) is 9.84. The van der Waals surface area contributed by atoms with Crippen LogP contribution in [0, 0.1) is 0 Å². The van der Waals surface area contributed by atoms with E-state index in [1.807, 2.05) is 13.8 Å². The van der Waals surface area contributed by atoms with Gasteiger partial charge < -0.3 is 4.74 Å². The first-order valence-electron chi connectivity index (χ1n) is 5.90. The van der Waals surface area contributed by atoms with Crippen LogP contribution in [0.3, 0.4) is 0 Å². The van der Waals surface area contributed by atoms with Gasteiger partial charge in [0.15, 0.2) is 0 Å². The number of esters is 1. The van der Waals surface area contributed by atoms with Crippen molar-refractivity contribution in [3.63, 3.8) is 0 Å². The van der Waals surface area contributed by atoms with Crippen molar-refractivity contribution in [1.29, 1.82) is 0 Å². The molecule has 0 amide bonds. The highest BCUT2D eigenvalue weighted by atomic mass is 16.5. The lowest BCUT2D eigenvalue weighted by Gasteiger charge is -2.10. The molecule has 0 aliphatic heterocycles. The van der Waals surface area contributed by atoms with E-state index in [0.29, 0.717) is 6.42 Å². The van der Waals surface area contributed by atoms with E-state index >= 15 is 0 Å². The summed E-state index contributed by atoms with van der Waals surface area (Å²) in [7, 11) is 0. The molecule has 0 rings (SSSR count). The van der Waals surface area contributed by atoms with Gasteiger partial charge in [-0.05, 0) is 19.8 Å². The minimum absolute atomic E-state index is 0.0316. The minimum Gasteiger partial charge on any atom is -0.463 e. The SMILES string of the molecule is CCCCCCCC(=O)O[C@@H](C)CC. The summed E-state index contributed by atoms with van der Waals surface area (Å²) in [6, 6.07) is 0. The molecule has 0 aliphatic rings. The van der Waals surface area contributed by atoms with E-state index in [-0.39, 0.29) is 12.1 Å². The maximum absolute atomic E-state index is 11.2. The van der Waals surface area contributed by atoms with Crippen LogP contribution in [0.2, 0.25) is 0 Å². The highest BCUT2D eigenvalue weighted by Gasteiger charge is 2.06. The maximum atomic E-state index is 11.2. The molecule has 0 N–H and O–H groups in total. The van der Waals surface area contributed by atoms with Crippen molar-refractivity contribution in [1.82, 2.24) is 0 Å². The first-order valence-corrected chi connectivity index (χ1v) is 5.90. The van der Waals surface area contributed by atoms with Crippen LogP contribution in [-0.2, 0) is 9.53 Å². The Hall–Kier alpha value is -0.530. The van der Waals surface area contributed by atoms with Crippen molar-refractivity contribution < 1.29 is 9.53 Å². The Morgan fingerprint density at radius 3 is 2.36 bits per heavy atom. The van der Waals surface area contributed by atoms with E-state index in [1.54, 1.807) is 0 Å². The molecule has 0 aromatic rings. The molecule has 2 nitrogen and oxygen atoms in total. The van der Waals surface area contributed by atoms with Crippen LogP contribution >= 0.6 is 0 Å². The number of carbonyl (C=O) groups is 1. The van der Waals surface area contributed by atoms with Crippen molar-refractivity contribution >= 4 is 5.97 Å². The molecule has 0 saturated carbocycles. The Bertz CT molecular complexity index is 143. The largest absolute Gasteiger partial charge is 0.463 e. The molecule has 14 heavy (non-hydrogen) atoms. The van der Waals surface area contributed by atoms with Crippen LogP contribution < -0.4 is 0 Å². The zero-order chi connectivity index (χ0) is 10.8. The smallest absolute Gasteiger partial charge is 0.306 e. The lowest BCUT2D eigenvalue weighted by Crippen LogP contribution is -2.13. The molecule has 0 heterocycles. The summed E-state index contributed by atoms with van der Waals surface area (Å²) in [6.45, 7) is 6.16. The third kappa shape index (κ3) is 8.09. The predicted octanol–water partition coefficient (Wildman–Crippen LogP) is 3.69. The topological polar surface area (TPSA) is 26.3 Å². The normalized spacial score (nSPS) is 12.5. The van der Waals surface area contributed by atoms with Crippen LogP contribution in [0.5, 0.6) is 0 Å². The second kappa shape index (κ2) is 9.04. The van der Waals surface area contributed by atoms with Crippen LogP contribution in [0.15, 0.2) is 0 Å². The second-order valence-corrected chi connectivity index (χ2v) is 3.87. The molecular weight excluding hydrogens is 176 g/mol. The van der Waals surface area contributed by atoms with Gasteiger partial charge in [0, 0.05) is 6.42 Å². The zero-order valence-corrected chi connectivity index (χ0v) is 9.84. The number of unbranched alkanes of at least 4 members (excludes halogenated alkanes) is 4. The molecule has 0 fully saturated rings. The first-order chi connectivity index (χ1) is 6.70. The lowest BCUT2D eigenvalue weighted by atomic mass is 10.1. The molecule has 0 bridgehead atoms. The Balaban J connectivity index is 3.27. The molecular formula is C12H24O2. The Morgan fingerprint density at radius 2 is 1.79 bits per heavy atom. The van der Waals surface area contributed by atoms with Crippen molar-refractivity contribution in [3.05, 3.63) is 0 Å². The molecule has 2 heteroatoms. The fourth-order valence-corrected chi connectivity index (χ4v) is 1.24. The van der Waals surface area contributed by atoms with E-state index in [4.69, 9.17) is 4.74 Å². The van der Waals surface area contributed by atoms with Crippen molar-refractivity contribution in [2.75, 3.05) is 0 Å². The molecule has 0 saturated heterocycles. The van der Waals surface area contributed by atoms with Crippen molar-refractivity contribution in [2.24, 2.45) is 0 Å². The monoisotopic (exact) mass is 200 g/mol. The van der Waals surface area contributed by atoms with Crippen molar-refractivity contribution in [2.45, 2.75) is 71.8 Å². The summed E-state index contributed by atoms with van der Waals surface area (Å²) < 4.78 is 5.17. The Kier molecular flexibility index (Phi) is 8.70. The van der Waals surface area contributed by atoms with E-state index < -0.39 is 0 Å². The van der Waals surface area contributed by atoms with Crippen molar-refractivity contribution in [3.8, 4) is 0 Å². The standard InChI is InChI=1S/C12H24O2/c1-4-6-7-8-9-10-12(13)14-11(3)5-2/h11H,4-10H2,1-3H3/t11-/m0/s1. The summed E-state index contributed by atoms with van der Waals surface area (Å²) >= 11 is 0. The number of carbonyl (C=O) groups excluding carboxylic acids is 1. The van der Waals surface area contributed by atoms with Gasteiger partial charge in [0.2, 0.25) is 0 Å². The quantitative estimate of drug-likeness (QED) is 0.441. The summed E-state index contributed by atoms with van der Waals surface area (Å²) in [4.78, 5) is 11.2. The molecule has 84 valence electrons. The summed E-state index contributed by atoms with van der Waals surface area (Å²) in [5.41, 5.74) is 0. The van der Waals surface area contributed by atoms with E-state index in [2.05, 4.69) is 6.92 Å². The minimum atomic E-state index is -0.0316. The number of hydrogen-bond acceptors (Lipinski definition) is 2. The van der Waals surface area contributed by atoms with Gasteiger partial charge in [-0.1, -0.05) is 39.5 Å². The average molecular weight is 200 g/mol. The van der Waals surface area contributed by atoms with Gasteiger partial charge in [0.1, 0.15) is 0 Å². The van der Waals surface area contributed by atoms with Crippen LogP contribution in [0.4, 0.5) is 0 Å². The van der Waals surface area contributed by atoms with Gasteiger partial charge in [-0.3, -0.25) is 4.79 Å². The maximum Gasteiger partial charge on any atom is 0.306 e. The second-order valence-electron chi connectivity index (χ2n) is 3.87. The lowest BCUT2D eigenvalue weighted by molar-refractivity contribution is -0.148. The summed E-state index contributed by atoms with van der Waals surface area (Å²) in [5, 5.41) is 0. The molecule has 0 aromatic carbocycles. The van der Waals surface area contributed by atoms with E-state index in [0.717, 1.165) is 19.3 Å². The molecule has 0 spiro atoms. The molecule has 0 aliphatic carbocycles. The third-order valence-corrected chi connectivity index (χ3v) is 2.39. The van der Waals surface area contributed by atoms with E-state index in [9.17, 15) is 4.79 Å². The Morgan fingerprint density at radius 1 is 1.14 bits per heavy atom. The highest BCUT2D eigenvalue weighted by Crippen LogP contribution is 2.07. The molecule has 0 aromatic heterocycles. The van der Waals surface area contributed by atoms with Crippen LogP contribution in [0.25, 0.3) is 0 Å². The molecule has 0 unspecified atom stereocenters. The first kappa shape index (κ1) is 13.5. The molecule has 0 radical (unpaired) electrons.